The number of ether oxygens (including phenoxy) is 2. The molecule has 0 fully saturated rings. The summed E-state index contributed by atoms with van der Waals surface area (Å²) in [6.45, 7) is 2.77. The van der Waals surface area contributed by atoms with Crippen LogP contribution in [-0.2, 0) is 19.1 Å². The molecule has 1 aromatic carbocycles. The molecule has 0 amide bonds. The van der Waals surface area contributed by atoms with Crippen molar-refractivity contribution in [2.75, 3.05) is 13.2 Å². The van der Waals surface area contributed by atoms with Crippen molar-refractivity contribution in [3.63, 3.8) is 0 Å². The molecular weight excluding hydrogens is 277 g/mol. The maximum atomic E-state index is 13.7. The smallest absolute Gasteiger partial charge is 0.325 e. The fourth-order valence-electron chi connectivity index (χ4n) is 1.61. The molecule has 0 radical (unpaired) electrons. The molecule has 0 aliphatic heterocycles. The van der Waals surface area contributed by atoms with E-state index >= 15 is 0 Å². The minimum absolute atomic E-state index is 0.0842. The Morgan fingerprint density at radius 1 is 1.00 bits per heavy atom. The number of rotatable bonds is 5. The van der Waals surface area contributed by atoms with Crippen LogP contribution in [0.15, 0.2) is 12.1 Å². The summed E-state index contributed by atoms with van der Waals surface area (Å²) in [7, 11) is 0. The van der Waals surface area contributed by atoms with E-state index in [0.717, 1.165) is 0 Å². The van der Waals surface area contributed by atoms with Crippen LogP contribution in [0.25, 0.3) is 0 Å². The van der Waals surface area contributed by atoms with Crippen molar-refractivity contribution in [3.05, 3.63) is 35.1 Å². The molecule has 110 valence electrons. The summed E-state index contributed by atoms with van der Waals surface area (Å²) < 4.78 is 49.4. The Morgan fingerprint density at radius 2 is 1.40 bits per heavy atom. The van der Waals surface area contributed by atoms with Gasteiger partial charge in [0.1, 0.15) is 17.5 Å². The zero-order chi connectivity index (χ0) is 15.3. The number of hydrogen-bond donors (Lipinski definition) is 0. The Morgan fingerprint density at radius 3 is 1.75 bits per heavy atom. The first-order valence-corrected chi connectivity index (χ1v) is 5.90. The van der Waals surface area contributed by atoms with Gasteiger partial charge in [-0.15, -0.1) is 0 Å². The lowest BCUT2D eigenvalue weighted by Crippen LogP contribution is -2.28. The Hall–Kier alpha value is -2.05. The molecule has 0 aliphatic carbocycles. The highest BCUT2D eigenvalue weighted by Gasteiger charge is 2.36. The quantitative estimate of drug-likeness (QED) is 0.617. The molecule has 0 saturated heterocycles. The van der Waals surface area contributed by atoms with Crippen molar-refractivity contribution in [2.45, 2.75) is 19.8 Å². The number of halogens is 3. The predicted octanol–water partition coefficient (Wildman–Crippen LogP) is 2.31. The third kappa shape index (κ3) is 3.49. The summed E-state index contributed by atoms with van der Waals surface area (Å²) in [5.74, 6) is -8.10. The molecule has 0 atom stereocenters. The molecule has 0 spiro atoms. The van der Waals surface area contributed by atoms with Crippen LogP contribution < -0.4 is 0 Å². The number of esters is 2. The van der Waals surface area contributed by atoms with E-state index in [0.29, 0.717) is 12.1 Å². The van der Waals surface area contributed by atoms with Crippen LogP contribution in [-0.4, -0.2) is 25.2 Å². The van der Waals surface area contributed by atoms with Gasteiger partial charge in [-0.2, -0.15) is 0 Å². The first-order chi connectivity index (χ1) is 9.42. The molecular formula is C13H13F3O4. The van der Waals surface area contributed by atoms with E-state index in [1.54, 1.807) is 0 Å². The molecule has 20 heavy (non-hydrogen) atoms. The molecule has 0 unspecified atom stereocenters. The predicted molar refractivity (Wildman–Crippen MR) is 62.3 cm³/mol. The number of hydrogen-bond acceptors (Lipinski definition) is 4. The van der Waals surface area contributed by atoms with E-state index in [9.17, 15) is 22.8 Å². The summed E-state index contributed by atoms with van der Waals surface area (Å²) >= 11 is 0. The van der Waals surface area contributed by atoms with E-state index in [2.05, 4.69) is 9.47 Å². The van der Waals surface area contributed by atoms with Gasteiger partial charge in [0.25, 0.3) is 0 Å². The van der Waals surface area contributed by atoms with Gasteiger partial charge in [-0.05, 0) is 13.8 Å². The fraction of sp³-hybridized carbons (Fsp3) is 0.385. The third-order valence-corrected chi connectivity index (χ3v) is 2.38. The second kappa shape index (κ2) is 6.93. The molecule has 0 aromatic heterocycles. The van der Waals surface area contributed by atoms with Gasteiger partial charge in [0.15, 0.2) is 5.92 Å². The average Bonchev–Trinajstić information content (AvgIpc) is 2.33. The first kappa shape index (κ1) is 16.0. The molecule has 0 heterocycles. The van der Waals surface area contributed by atoms with Crippen LogP contribution >= 0.6 is 0 Å². The van der Waals surface area contributed by atoms with Crippen LogP contribution in [0.5, 0.6) is 0 Å². The normalized spacial score (nSPS) is 10.5. The minimum atomic E-state index is -1.92. The van der Waals surface area contributed by atoms with Gasteiger partial charge in [0, 0.05) is 17.7 Å². The molecule has 1 aromatic rings. The van der Waals surface area contributed by atoms with Crippen LogP contribution in [0, 0.1) is 17.5 Å². The highest BCUT2D eigenvalue weighted by atomic mass is 19.1. The first-order valence-electron chi connectivity index (χ1n) is 5.90. The van der Waals surface area contributed by atoms with Gasteiger partial charge in [-0.3, -0.25) is 9.59 Å². The number of carbonyl (C=O) groups is 2. The minimum Gasteiger partial charge on any atom is -0.465 e. The summed E-state index contributed by atoms with van der Waals surface area (Å²) in [6, 6.07) is 0.758. The van der Waals surface area contributed by atoms with Gasteiger partial charge < -0.3 is 9.47 Å². The summed E-state index contributed by atoms with van der Waals surface area (Å²) in [4.78, 5) is 23.4. The summed E-state index contributed by atoms with van der Waals surface area (Å²) in [6.07, 6.45) is 0. The third-order valence-electron chi connectivity index (χ3n) is 2.38. The van der Waals surface area contributed by atoms with Crippen LogP contribution in [0.1, 0.15) is 25.3 Å². The largest absolute Gasteiger partial charge is 0.465 e. The second-order valence-electron chi connectivity index (χ2n) is 3.72. The molecule has 0 saturated carbocycles. The molecule has 4 nitrogen and oxygen atoms in total. The van der Waals surface area contributed by atoms with Crippen LogP contribution in [0.2, 0.25) is 0 Å². The van der Waals surface area contributed by atoms with E-state index in [1.807, 2.05) is 0 Å². The van der Waals surface area contributed by atoms with Crippen LogP contribution in [0.4, 0.5) is 13.2 Å². The topological polar surface area (TPSA) is 52.6 Å². The van der Waals surface area contributed by atoms with Crippen molar-refractivity contribution in [3.8, 4) is 0 Å². The van der Waals surface area contributed by atoms with Gasteiger partial charge in [0.05, 0.1) is 13.2 Å². The fourth-order valence-corrected chi connectivity index (χ4v) is 1.61. The zero-order valence-electron chi connectivity index (χ0n) is 10.9. The summed E-state index contributed by atoms with van der Waals surface area (Å²) in [5.41, 5.74) is -0.886. The highest BCUT2D eigenvalue weighted by Crippen LogP contribution is 2.26. The Bertz CT molecular complexity index is 475. The molecule has 0 aliphatic rings. The van der Waals surface area contributed by atoms with Crippen molar-refractivity contribution < 1.29 is 32.2 Å². The lowest BCUT2D eigenvalue weighted by Gasteiger charge is -2.16. The number of benzene rings is 1. The van der Waals surface area contributed by atoms with Crippen molar-refractivity contribution in [2.24, 2.45) is 0 Å². The van der Waals surface area contributed by atoms with Gasteiger partial charge in [-0.1, -0.05) is 0 Å². The molecule has 0 N–H and O–H groups in total. The van der Waals surface area contributed by atoms with Gasteiger partial charge >= 0.3 is 11.9 Å². The van der Waals surface area contributed by atoms with E-state index in [4.69, 9.17) is 0 Å². The molecule has 1 rings (SSSR count). The monoisotopic (exact) mass is 290 g/mol. The Balaban J connectivity index is 3.30. The maximum absolute atomic E-state index is 13.7. The van der Waals surface area contributed by atoms with E-state index in [-0.39, 0.29) is 13.2 Å². The highest BCUT2D eigenvalue weighted by molar-refractivity contribution is 6.00. The average molecular weight is 290 g/mol. The lowest BCUT2D eigenvalue weighted by atomic mass is 9.98. The second-order valence-corrected chi connectivity index (χ2v) is 3.72. The van der Waals surface area contributed by atoms with Crippen molar-refractivity contribution >= 4 is 11.9 Å². The maximum Gasteiger partial charge on any atom is 0.325 e. The molecule has 7 heteroatoms. The Kier molecular flexibility index (Phi) is 5.54. The standard InChI is InChI=1S/C13H13F3O4/c1-3-19-12(17)11(13(18)20-4-2)10-8(15)5-7(14)6-9(10)16/h5-6,11H,3-4H2,1-2H3. The zero-order valence-corrected chi connectivity index (χ0v) is 10.9. The molecule has 0 bridgehead atoms. The van der Waals surface area contributed by atoms with Crippen molar-refractivity contribution in [1.29, 1.82) is 0 Å². The number of carbonyl (C=O) groups excluding carboxylic acids is 2. The van der Waals surface area contributed by atoms with E-state index in [1.165, 1.54) is 13.8 Å². The van der Waals surface area contributed by atoms with Gasteiger partial charge in [-0.25, -0.2) is 13.2 Å². The lowest BCUT2D eigenvalue weighted by molar-refractivity contribution is -0.157. The Labute approximate surface area is 113 Å². The van der Waals surface area contributed by atoms with Crippen LogP contribution in [0.3, 0.4) is 0 Å². The summed E-state index contributed by atoms with van der Waals surface area (Å²) in [5, 5.41) is 0. The van der Waals surface area contributed by atoms with E-state index < -0.39 is 40.9 Å². The van der Waals surface area contributed by atoms with Gasteiger partial charge in [0.2, 0.25) is 0 Å². The SMILES string of the molecule is CCOC(=O)C(C(=O)OCC)c1c(F)cc(F)cc1F. The van der Waals surface area contributed by atoms with Crippen molar-refractivity contribution in [1.82, 2.24) is 0 Å².